The van der Waals surface area contributed by atoms with Crippen LogP contribution in [-0.2, 0) is 12.8 Å². The molecule has 2 N–H and O–H groups in total. The molecule has 0 saturated carbocycles. The molecule has 1 aliphatic carbocycles. The summed E-state index contributed by atoms with van der Waals surface area (Å²) in [4.78, 5) is 29.0. The molecule has 1 heterocycles. The van der Waals surface area contributed by atoms with Gasteiger partial charge in [-0.2, -0.15) is 0 Å². The Bertz CT molecular complexity index is 1020. The monoisotopic (exact) mass is 371 g/mol. The molecule has 3 aromatic rings. The van der Waals surface area contributed by atoms with Gasteiger partial charge < -0.3 is 10.6 Å². The van der Waals surface area contributed by atoms with Crippen LogP contribution in [0.4, 0.5) is 11.4 Å². The van der Waals surface area contributed by atoms with Crippen LogP contribution in [0.3, 0.4) is 0 Å². The predicted octanol–water partition coefficient (Wildman–Crippen LogP) is 4.47. The van der Waals surface area contributed by atoms with Crippen molar-refractivity contribution in [3.8, 4) is 0 Å². The number of fused-ring (bicyclic) bond motifs is 1. The highest BCUT2D eigenvalue weighted by Crippen LogP contribution is 2.28. The van der Waals surface area contributed by atoms with Crippen molar-refractivity contribution < 1.29 is 9.59 Å². The Morgan fingerprint density at radius 2 is 1.61 bits per heavy atom. The quantitative estimate of drug-likeness (QED) is 0.711. The zero-order valence-corrected chi connectivity index (χ0v) is 15.4. The first-order chi connectivity index (χ1) is 13.7. The van der Waals surface area contributed by atoms with Crippen molar-refractivity contribution in [2.24, 2.45) is 0 Å². The lowest BCUT2D eigenvalue weighted by atomic mass is 9.90. The molecule has 0 atom stereocenters. The molecule has 4 rings (SSSR count). The van der Waals surface area contributed by atoms with Gasteiger partial charge in [0.2, 0.25) is 0 Å². The SMILES string of the molecule is O=C(Nc1cccc(C(=O)Nc2cccc3c2CCCC3)c1)c1cccnc1. The number of anilines is 2. The van der Waals surface area contributed by atoms with E-state index < -0.39 is 0 Å². The maximum Gasteiger partial charge on any atom is 0.257 e. The van der Waals surface area contributed by atoms with Gasteiger partial charge in [-0.3, -0.25) is 14.6 Å². The Hall–Kier alpha value is -3.47. The number of amides is 2. The summed E-state index contributed by atoms with van der Waals surface area (Å²) in [6.45, 7) is 0. The first-order valence-corrected chi connectivity index (χ1v) is 9.44. The number of carbonyl (C=O) groups excluding carboxylic acids is 2. The van der Waals surface area contributed by atoms with Crippen LogP contribution in [0, 0.1) is 0 Å². The third-order valence-electron chi connectivity index (χ3n) is 4.95. The predicted molar refractivity (Wildman–Crippen MR) is 110 cm³/mol. The summed E-state index contributed by atoms with van der Waals surface area (Å²) in [5.41, 5.74) is 4.97. The van der Waals surface area contributed by atoms with Crippen molar-refractivity contribution in [2.75, 3.05) is 10.6 Å². The van der Waals surface area contributed by atoms with Crippen molar-refractivity contribution in [1.29, 1.82) is 0 Å². The molecule has 0 radical (unpaired) electrons. The Morgan fingerprint density at radius 3 is 2.46 bits per heavy atom. The molecule has 5 nitrogen and oxygen atoms in total. The van der Waals surface area contributed by atoms with Crippen molar-refractivity contribution in [1.82, 2.24) is 4.98 Å². The van der Waals surface area contributed by atoms with Crippen LogP contribution in [0.1, 0.15) is 44.7 Å². The van der Waals surface area contributed by atoms with Crippen LogP contribution in [0.25, 0.3) is 0 Å². The summed E-state index contributed by atoms with van der Waals surface area (Å²) >= 11 is 0. The van der Waals surface area contributed by atoms with E-state index in [2.05, 4.69) is 21.7 Å². The van der Waals surface area contributed by atoms with E-state index in [1.165, 1.54) is 23.7 Å². The van der Waals surface area contributed by atoms with Crippen LogP contribution in [0.5, 0.6) is 0 Å². The van der Waals surface area contributed by atoms with Crippen LogP contribution >= 0.6 is 0 Å². The van der Waals surface area contributed by atoms with Gasteiger partial charge in [0.15, 0.2) is 0 Å². The summed E-state index contributed by atoms with van der Waals surface area (Å²) in [5.74, 6) is -0.445. The van der Waals surface area contributed by atoms with Crippen LogP contribution in [-0.4, -0.2) is 16.8 Å². The number of nitrogens with one attached hydrogen (secondary N) is 2. The first kappa shape index (κ1) is 17.9. The van der Waals surface area contributed by atoms with Gasteiger partial charge in [-0.1, -0.05) is 18.2 Å². The van der Waals surface area contributed by atoms with Gasteiger partial charge in [0.25, 0.3) is 11.8 Å². The van der Waals surface area contributed by atoms with Crippen molar-refractivity contribution >= 4 is 23.2 Å². The third kappa shape index (κ3) is 3.93. The summed E-state index contributed by atoms with van der Waals surface area (Å²) < 4.78 is 0. The molecule has 0 spiro atoms. The summed E-state index contributed by atoms with van der Waals surface area (Å²) in [7, 11) is 0. The highest BCUT2D eigenvalue weighted by molar-refractivity contribution is 6.07. The third-order valence-corrected chi connectivity index (χ3v) is 4.95. The maximum absolute atomic E-state index is 12.8. The van der Waals surface area contributed by atoms with Crippen LogP contribution in [0.2, 0.25) is 0 Å². The molecule has 0 bridgehead atoms. The minimum Gasteiger partial charge on any atom is -0.322 e. The van der Waals surface area contributed by atoms with Gasteiger partial charge in [0.05, 0.1) is 5.56 Å². The van der Waals surface area contributed by atoms with E-state index in [4.69, 9.17) is 0 Å². The largest absolute Gasteiger partial charge is 0.322 e. The molecule has 5 heteroatoms. The first-order valence-electron chi connectivity index (χ1n) is 9.44. The molecular formula is C23H21N3O2. The summed E-state index contributed by atoms with van der Waals surface area (Å²) in [5, 5.41) is 5.85. The van der Waals surface area contributed by atoms with E-state index in [-0.39, 0.29) is 11.8 Å². The van der Waals surface area contributed by atoms with Crippen molar-refractivity contribution in [3.63, 3.8) is 0 Å². The highest BCUT2D eigenvalue weighted by atomic mass is 16.2. The number of carbonyl (C=O) groups is 2. The lowest BCUT2D eigenvalue weighted by Gasteiger charge is -2.19. The number of hydrogen-bond donors (Lipinski definition) is 2. The molecule has 1 aromatic heterocycles. The Morgan fingerprint density at radius 1 is 0.821 bits per heavy atom. The van der Waals surface area contributed by atoms with Gasteiger partial charge in [-0.25, -0.2) is 0 Å². The van der Waals surface area contributed by atoms with E-state index >= 15 is 0 Å². The second-order valence-corrected chi connectivity index (χ2v) is 6.88. The average molecular weight is 371 g/mol. The Balaban J connectivity index is 1.50. The zero-order chi connectivity index (χ0) is 19.3. The van der Waals surface area contributed by atoms with Crippen LogP contribution in [0.15, 0.2) is 67.0 Å². The van der Waals surface area contributed by atoms with Gasteiger partial charge in [-0.05, 0) is 73.2 Å². The average Bonchev–Trinajstić information content (AvgIpc) is 2.75. The Kier molecular flexibility index (Phi) is 5.15. The van der Waals surface area contributed by atoms with Gasteiger partial charge >= 0.3 is 0 Å². The van der Waals surface area contributed by atoms with Gasteiger partial charge in [-0.15, -0.1) is 0 Å². The van der Waals surface area contributed by atoms with E-state index in [1.807, 2.05) is 12.1 Å². The lowest BCUT2D eigenvalue weighted by Crippen LogP contribution is -2.16. The fraction of sp³-hybridized carbons (Fsp3) is 0.174. The number of nitrogens with zero attached hydrogens (tertiary/aromatic N) is 1. The molecule has 0 fully saturated rings. The zero-order valence-electron chi connectivity index (χ0n) is 15.4. The molecule has 0 aliphatic heterocycles. The molecule has 2 amide bonds. The number of pyridine rings is 1. The minimum atomic E-state index is -0.261. The molecule has 140 valence electrons. The lowest BCUT2D eigenvalue weighted by molar-refractivity contribution is 0.101. The van der Waals surface area contributed by atoms with E-state index in [0.717, 1.165) is 24.9 Å². The number of aryl methyl sites for hydroxylation is 1. The highest BCUT2D eigenvalue weighted by Gasteiger charge is 2.15. The maximum atomic E-state index is 12.8. The van der Waals surface area contributed by atoms with Gasteiger partial charge in [0, 0.05) is 29.3 Å². The molecule has 0 unspecified atom stereocenters. The normalized spacial score (nSPS) is 12.7. The topological polar surface area (TPSA) is 71.1 Å². The Labute approximate surface area is 163 Å². The molecular weight excluding hydrogens is 350 g/mol. The number of benzene rings is 2. The minimum absolute atomic E-state index is 0.184. The fourth-order valence-electron chi connectivity index (χ4n) is 3.53. The summed E-state index contributed by atoms with van der Waals surface area (Å²) in [6, 6.07) is 16.4. The van der Waals surface area contributed by atoms with E-state index in [0.29, 0.717) is 16.8 Å². The molecule has 1 aliphatic rings. The smallest absolute Gasteiger partial charge is 0.257 e. The van der Waals surface area contributed by atoms with E-state index in [9.17, 15) is 9.59 Å². The van der Waals surface area contributed by atoms with Crippen molar-refractivity contribution in [2.45, 2.75) is 25.7 Å². The van der Waals surface area contributed by atoms with Crippen LogP contribution < -0.4 is 10.6 Å². The van der Waals surface area contributed by atoms with Crippen molar-refractivity contribution in [3.05, 3.63) is 89.2 Å². The standard InChI is InChI=1S/C23H21N3O2/c27-22(26-21-12-4-7-16-6-1-2-11-20(16)21)17-8-3-10-19(14-17)25-23(28)18-9-5-13-24-15-18/h3-5,7-10,12-15H,1-2,6,11H2,(H,25,28)(H,26,27). The van der Waals surface area contributed by atoms with E-state index in [1.54, 1.807) is 42.6 Å². The molecule has 2 aromatic carbocycles. The number of rotatable bonds is 4. The molecule has 0 saturated heterocycles. The van der Waals surface area contributed by atoms with Gasteiger partial charge in [0.1, 0.15) is 0 Å². The fourth-order valence-corrected chi connectivity index (χ4v) is 3.53. The second kappa shape index (κ2) is 8.05. The number of aromatic nitrogens is 1. The number of hydrogen-bond acceptors (Lipinski definition) is 3. The molecule has 28 heavy (non-hydrogen) atoms. The second-order valence-electron chi connectivity index (χ2n) is 6.88. The summed E-state index contributed by atoms with van der Waals surface area (Å²) in [6.07, 6.45) is 7.52.